The average Bonchev–Trinajstić information content (AvgIpc) is 2.37. The molecule has 2 rings (SSSR count). The fourth-order valence-electron chi connectivity index (χ4n) is 1.54. The lowest BCUT2D eigenvalue weighted by molar-refractivity contribution is 0.112. The van der Waals surface area contributed by atoms with Gasteiger partial charge >= 0.3 is 0 Å². The molecule has 0 N–H and O–H groups in total. The van der Waals surface area contributed by atoms with Gasteiger partial charge in [-0.25, -0.2) is 4.39 Å². The molecule has 2 aromatic rings. The molecular weight excluding hydrogens is 335 g/mol. The largest absolute Gasteiger partial charge is 0.489 e. The van der Waals surface area contributed by atoms with Gasteiger partial charge in [-0.2, -0.15) is 0 Å². The Bertz CT molecular complexity index is 616. The van der Waals surface area contributed by atoms with E-state index in [-0.39, 0.29) is 12.2 Å². The second kappa shape index (κ2) is 6.17. The molecule has 0 aliphatic rings. The third-order valence-electron chi connectivity index (χ3n) is 2.44. The van der Waals surface area contributed by atoms with Crippen molar-refractivity contribution in [2.45, 2.75) is 6.61 Å². The first-order chi connectivity index (χ1) is 9.08. The van der Waals surface area contributed by atoms with E-state index in [1.54, 1.807) is 6.07 Å². The average molecular weight is 344 g/mol. The van der Waals surface area contributed by atoms with E-state index >= 15 is 0 Å². The first-order valence-corrected chi connectivity index (χ1v) is 6.58. The van der Waals surface area contributed by atoms with Crippen LogP contribution in [0.5, 0.6) is 5.75 Å². The Labute approximate surface area is 123 Å². The van der Waals surface area contributed by atoms with Crippen molar-refractivity contribution in [3.63, 3.8) is 0 Å². The van der Waals surface area contributed by atoms with Gasteiger partial charge in [0.2, 0.25) is 0 Å². The van der Waals surface area contributed by atoms with Crippen LogP contribution in [0.2, 0.25) is 5.02 Å². The minimum atomic E-state index is -0.512. The van der Waals surface area contributed by atoms with Crippen LogP contribution in [0.15, 0.2) is 40.9 Å². The Morgan fingerprint density at radius 2 is 2.05 bits per heavy atom. The predicted molar refractivity (Wildman–Crippen MR) is 75.3 cm³/mol. The second-order valence-corrected chi connectivity index (χ2v) is 5.19. The minimum Gasteiger partial charge on any atom is -0.489 e. The summed E-state index contributed by atoms with van der Waals surface area (Å²) in [6.45, 7) is 0.202. The van der Waals surface area contributed by atoms with Crippen LogP contribution in [0.3, 0.4) is 0 Å². The van der Waals surface area contributed by atoms with Crippen LogP contribution in [-0.4, -0.2) is 6.29 Å². The van der Waals surface area contributed by atoms with Gasteiger partial charge in [0, 0.05) is 26.7 Å². The van der Waals surface area contributed by atoms with Crippen molar-refractivity contribution in [1.82, 2.24) is 0 Å². The minimum absolute atomic E-state index is 0.202. The number of hydrogen-bond donors (Lipinski definition) is 0. The zero-order valence-corrected chi connectivity index (χ0v) is 12.0. The Hall–Kier alpha value is -1.39. The summed E-state index contributed by atoms with van der Waals surface area (Å²) >= 11 is 9.35. The number of carbonyl (C=O) groups excluding carboxylic acids is 1. The monoisotopic (exact) mass is 342 g/mol. The molecule has 2 aromatic carbocycles. The van der Waals surface area contributed by atoms with E-state index in [0.717, 1.165) is 16.1 Å². The van der Waals surface area contributed by atoms with Gasteiger partial charge in [0.25, 0.3) is 0 Å². The van der Waals surface area contributed by atoms with E-state index in [9.17, 15) is 9.18 Å². The summed E-state index contributed by atoms with van der Waals surface area (Å²) in [6, 6.07) is 9.25. The molecule has 0 aliphatic carbocycles. The van der Waals surface area contributed by atoms with Crippen LogP contribution in [-0.2, 0) is 6.61 Å². The molecule has 0 saturated carbocycles. The molecule has 0 aromatic heterocycles. The zero-order valence-electron chi connectivity index (χ0n) is 9.70. The van der Waals surface area contributed by atoms with Crippen LogP contribution < -0.4 is 4.74 Å². The summed E-state index contributed by atoms with van der Waals surface area (Å²) in [6.07, 6.45) is 0.572. The lowest BCUT2D eigenvalue weighted by Gasteiger charge is -2.08. The summed E-state index contributed by atoms with van der Waals surface area (Å²) in [5.74, 6) is -0.220. The standard InChI is InChI=1S/C14H9BrClFO2/c15-11-2-1-10(14(16)5-11)8-19-13-4-9(7-18)3-12(17)6-13/h1-7H,8H2. The summed E-state index contributed by atoms with van der Waals surface area (Å²) in [4.78, 5) is 10.6. The summed E-state index contributed by atoms with van der Waals surface area (Å²) in [7, 11) is 0. The van der Waals surface area contributed by atoms with Gasteiger partial charge in [-0.05, 0) is 24.3 Å². The maximum absolute atomic E-state index is 13.2. The highest BCUT2D eigenvalue weighted by atomic mass is 79.9. The van der Waals surface area contributed by atoms with E-state index in [1.165, 1.54) is 12.1 Å². The topological polar surface area (TPSA) is 26.3 Å². The van der Waals surface area contributed by atoms with Crippen molar-refractivity contribution in [2.24, 2.45) is 0 Å². The molecule has 0 saturated heterocycles. The SMILES string of the molecule is O=Cc1cc(F)cc(OCc2ccc(Br)cc2Cl)c1. The molecule has 0 atom stereocenters. The van der Waals surface area contributed by atoms with E-state index in [2.05, 4.69) is 15.9 Å². The molecule has 0 bridgehead atoms. The van der Waals surface area contributed by atoms with Crippen LogP contribution in [0.25, 0.3) is 0 Å². The van der Waals surface area contributed by atoms with Gasteiger partial charge in [-0.3, -0.25) is 4.79 Å². The first-order valence-electron chi connectivity index (χ1n) is 5.41. The van der Waals surface area contributed by atoms with E-state index < -0.39 is 5.82 Å². The van der Waals surface area contributed by atoms with Crippen molar-refractivity contribution < 1.29 is 13.9 Å². The molecule has 0 unspecified atom stereocenters. The lowest BCUT2D eigenvalue weighted by Crippen LogP contribution is -1.97. The first kappa shape index (κ1) is 14.0. The van der Waals surface area contributed by atoms with Gasteiger partial charge in [0.15, 0.2) is 0 Å². The fourth-order valence-corrected chi connectivity index (χ4v) is 2.26. The van der Waals surface area contributed by atoms with Crippen LogP contribution in [0.1, 0.15) is 15.9 Å². The number of benzene rings is 2. The maximum Gasteiger partial charge on any atom is 0.150 e. The molecule has 19 heavy (non-hydrogen) atoms. The highest BCUT2D eigenvalue weighted by Gasteiger charge is 2.05. The quantitative estimate of drug-likeness (QED) is 0.756. The van der Waals surface area contributed by atoms with Crippen LogP contribution in [0.4, 0.5) is 4.39 Å². The number of aldehydes is 1. The lowest BCUT2D eigenvalue weighted by atomic mass is 10.2. The molecule has 2 nitrogen and oxygen atoms in total. The van der Waals surface area contributed by atoms with E-state index in [0.29, 0.717) is 17.1 Å². The number of carbonyl (C=O) groups is 1. The van der Waals surface area contributed by atoms with Gasteiger partial charge in [0.05, 0.1) is 0 Å². The number of hydrogen-bond acceptors (Lipinski definition) is 2. The van der Waals surface area contributed by atoms with Crippen molar-refractivity contribution in [3.05, 3.63) is 62.8 Å². The number of halogens is 3. The molecule has 0 aliphatic heterocycles. The Kier molecular flexibility index (Phi) is 4.56. The zero-order chi connectivity index (χ0) is 13.8. The van der Waals surface area contributed by atoms with E-state index in [4.69, 9.17) is 16.3 Å². The van der Waals surface area contributed by atoms with Gasteiger partial charge in [-0.15, -0.1) is 0 Å². The second-order valence-electron chi connectivity index (χ2n) is 3.86. The highest BCUT2D eigenvalue weighted by molar-refractivity contribution is 9.10. The van der Waals surface area contributed by atoms with Crippen LogP contribution >= 0.6 is 27.5 Å². The third-order valence-corrected chi connectivity index (χ3v) is 3.28. The molecule has 0 fully saturated rings. The van der Waals surface area contributed by atoms with Crippen molar-refractivity contribution >= 4 is 33.8 Å². The Balaban J connectivity index is 2.14. The Morgan fingerprint density at radius 1 is 1.26 bits per heavy atom. The fraction of sp³-hybridized carbons (Fsp3) is 0.0714. The van der Waals surface area contributed by atoms with Crippen molar-refractivity contribution in [2.75, 3.05) is 0 Å². The van der Waals surface area contributed by atoms with E-state index in [1.807, 2.05) is 12.1 Å². The molecule has 5 heteroatoms. The Morgan fingerprint density at radius 3 is 2.74 bits per heavy atom. The molecule has 0 amide bonds. The summed E-state index contributed by atoms with van der Waals surface area (Å²) in [5.41, 5.74) is 1.01. The van der Waals surface area contributed by atoms with Gasteiger partial charge in [0.1, 0.15) is 24.5 Å². The molecule has 98 valence electrons. The molecular formula is C14H9BrClFO2. The van der Waals surface area contributed by atoms with Crippen molar-refractivity contribution in [1.29, 1.82) is 0 Å². The third kappa shape index (κ3) is 3.78. The smallest absolute Gasteiger partial charge is 0.150 e. The predicted octanol–water partition coefficient (Wildman–Crippen LogP) is 4.63. The summed E-state index contributed by atoms with van der Waals surface area (Å²) in [5, 5.41) is 0.557. The molecule has 0 heterocycles. The number of ether oxygens (including phenoxy) is 1. The van der Waals surface area contributed by atoms with Crippen molar-refractivity contribution in [3.8, 4) is 5.75 Å². The van der Waals surface area contributed by atoms with Gasteiger partial charge in [-0.1, -0.05) is 33.6 Å². The van der Waals surface area contributed by atoms with Crippen LogP contribution in [0, 0.1) is 5.82 Å². The van der Waals surface area contributed by atoms with Gasteiger partial charge < -0.3 is 4.74 Å². The normalized spacial score (nSPS) is 10.3. The molecule has 0 radical (unpaired) electrons. The molecule has 0 spiro atoms. The number of rotatable bonds is 4. The summed E-state index contributed by atoms with van der Waals surface area (Å²) < 4.78 is 19.5. The maximum atomic E-state index is 13.2. The highest BCUT2D eigenvalue weighted by Crippen LogP contribution is 2.23.